The fourth-order valence-electron chi connectivity index (χ4n) is 3.74. The summed E-state index contributed by atoms with van der Waals surface area (Å²) in [5, 5.41) is 20.2. The van der Waals surface area contributed by atoms with Crippen LogP contribution in [0.3, 0.4) is 0 Å². The van der Waals surface area contributed by atoms with Crippen LogP contribution < -0.4 is 10.1 Å². The smallest absolute Gasteiger partial charge is 0.294 e. The predicted molar refractivity (Wildman–Crippen MR) is 145 cm³/mol. The maximum Gasteiger partial charge on any atom is 0.294 e. The number of amides is 1. The molecule has 3 aromatic rings. The molecule has 206 valence electrons. The number of rotatable bonds is 12. The first-order valence-electron chi connectivity index (χ1n) is 12.3. The van der Waals surface area contributed by atoms with E-state index >= 15 is 0 Å². The number of allylic oxidation sites excluding steroid dienone is 1. The third-order valence-electron chi connectivity index (χ3n) is 5.66. The lowest BCUT2D eigenvalue weighted by Gasteiger charge is -2.17. The number of aryl methyl sites for hydroxylation is 1. The second-order valence-electron chi connectivity index (χ2n) is 9.57. The molecule has 0 radical (unpaired) electrons. The van der Waals surface area contributed by atoms with Crippen LogP contribution in [0.2, 0.25) is 0 Å². The Hall–Kier alpha value is -4.25. The highest BCUT2D eigenvalue weighted by molar-refractivity contribution is 6.10. The Bertz CT molecular complexity index is 1370. The Morgan fingerprint density at radius 3 is 2.56 bits per heavy atom. The van der Waals surface area contributed by atoms with Gasteiger partial charge in [-0.15, -0.1) is 10.2 Å². The fraction of sp³-hybridized carbons (Fsp3) is 0.321. The number of carbonyl (C=O) groups excluding carboxylic acids is 1. The summed E-state index contributed by atoms with van der Waals surface area (Å²) in [5.74, 6) is -1.13. The van der Waals surface area contributed by atoms with Crippen molar-refractivity contribution in [3.63, 3.8) is 0 Å². The minimum Gasteiger partial charge on any atom is -0.494 e. The van der Waals surface area contributed by atoms with Crippen LogP contribution in [0.25, 0.3) is 0 Å². The molecule has 0 bridgehead atoms. The summed E-state index contributed by atoms with van der Waals surface area (Å²) in [6.45, 7) is 9.41. The normalized spacial score (nSPS) is 12.4. The number of aliphatic hydroxyl groups is 1. The van der Waals surface area contributed by atoms with Crippen LogP contribution in [0.15, 0.2) is 58.3 Å². The third kappa shape index (κ3) is 8.92. The van der Waals surface area contributed by atoms with Gasteiger partial charge in [-0.3, -0.25) is 9.79 Å². The molecule has 11 heteroatoms. The van der Waals surface area contributed by atoms with E-state index in [1.807, 2.05) is 25.1 Å². The number of hydrogen-bond acceptors (Lipinski definition) is 7. The van der Waals surface area contributed by atoms with E-state index in [4.69, 9.17) is 4.74 Å². The Morgan fingerprint density at radius 2 is 1.92 bits per heavy atom. The maximum absolute atomic E-state index is 13.5. The number of carbonyl (C=O) groups is 1. The summed E-state index contributed by atoms with van der Waals surface area (Å²) in [6, 6.07) is 8.73. The van der Waals surface area contributed by atoms with Crippen molar-refractivity contribution in [2.45, 2.75) is 45.6 Å². The molecule has 39 heavy (non-hydrogen) atoms. The number of nitrogens with zero attached hydrogens (tertiary/aromatic N) is 4. The Morgan fingerprint density at radius 1 is 1.21 bits per heavy atom. The van der Waals surface area contributed by atoms with Crippen LogP contribution in [0.4, 0.5) is 8.78 Å². The van der Waals surface area contributed by atoms with Gasteiger partial charge in [0.1, 0.15) is 29.0 Å². The molecule has 2 aromatic carbocycles. The highest BCUT2D eigenvalue weighted by Gasteiger charge is 2.16. The van der Waals surface area contributed by atoms with Crippen molar-refractivity contribution in [2.24, 2.45) is 9.98 Å². The summed E-state index contributed by atoms with van der Waals surface area (Å²) < 4.78 is 32.8. The van der Waals surface area contributed by atoms with E-state index < -0.39 is 23.1 Å². The molecule has 0 fully saturated rings. The van der Waals surface area contributed by atoms with Crippen LogP contribution >= 0.6 is 0 Å². The number of H-pyrrole nitrogens is 1. The molecule has 0 spiro atoms. The first kappa shape index (κ1) is 29.3. The SMILES string of the molecule is C=N/C(=C\C(=N/C)c1cc(OCCCC(C)(C)O)ccc1C)NC(=O)c1nnc(Cc2cc(F)cc(F)c2)[nH]1. The molecule has 0 aliphatic heterocycles. The zero-order chi connectivity index (χ0) is 28.6. The number of benzene rings is 2. The van der Waals surface area contributed by atoms with Crippen LogP contribution in [0.5, 0.6) is 5.75 Å². The van der Waals surface area contributed by atoms with Gasteiger partial charge in [-0.1, -0.05) is 6.07 Å². The fourth-order valence-corrected chi connectivity index (χ4v) is 3.74. The van der Waals surface area contributed by atoms with Crippen molar-refractivity contribution < 1.29 is 23.4 Å². The number of aromatic nitrogens is 3. The Balaban J connectivity index is 1.70. The summed E-state index contributed by atoms with van der Waals surface area (Å²) >= 11 is 0. The summed E-state index contributed by atoms with van der Waals surface area (Å²) in [7, 11) is 1.61. The third-order valence-corrected chi connectivity index (χ3v) is 5.66. The minimum absolute atomic E-state index is 0.0550. The highest BCUT2D eigenvalue weighted by Crippen LogP contribution is 2.20. The van der Waals surface area contributed by atoms with Crippen molar-refractivity contribution >= 4 is 18.3 Å². The van der Waals surface area contributed by atoms with Gasteiger partial charge in [0.2, 0.25) is 5.82 Å². The number of hydrogen-bond donors (Lipinski definition) is 3. The lowest BCUT2D eigenvalue weighted by atomic mass is 10.0. The number of aromatic amines is 1. The first-order valence-corrected chi connectivity index (χ1v) is 12.3. The van der Waals surface area contributed by atoms with Gasteiger partial charge in [0.05, 0.1) is 17.9 Å². The zero-order valence-corrected chi connectivity index (χ0v) is 22.4. The molecule has 0 unspecified atom stereocenters. The highest BCUT2D eigenvalue weighted by atomic mass is 19.1. The van der Waals surface area contributed by atoms with Crippen LogP contribution in [0, 0.1) is 18.6 Å². The van der Waals surface area contributed by atoms with E-state index in [-0.39, 0.29) is 23.9 Å². The molecular formula is C28H32F2N6O3. The molecule has 0 aliphatic carbocycles. The number of nitrogens with one attached hydrogen (secondary N) is 2. The van der Waals surface area contributed by atoms with E-state index in [2.05, 4.69) is 37.2 Å². The lowest BCUT2D eigenvalue weighted by Crippen LogP contribution is -2.24. The maximum atomic E-state index is 13.5. The number of halogens is 2. The van der Waals surface area contributed by atoms with Crippen LogP contribution in [0.1, 0.15) is 59.8 Å². The molecule has 0 saturated heterocycles. The topological polar surface area (TPSA) is 125 Å². The molecule has 9 nitrogen and oxygen atoms in total. The number of aliphatic imine (C=N–C) groups is 2. The Labute approximate surface area is 225 Å². The first-order chi connectivity index (χ1) is 18.5. The quantitative estimate of drug-likeness (QED) is 0.234. The van der Waals surface area contributed by atoms with Crippen molar-refractivity contribution in [3.8, 4) is 5.75 Å². The summed E-state index contributed by atoms with van der Waals surface area (Å²) in [5.41, 5.74) is 1.83. The molecule has 0 aliphatic rings. The van der Waals surface area contributed by atoms with E-state index in [9.17, 15) is 18.7 Å². The molecule has 1 amide bonds. The summed E-state index contributed by atoms with van der Waals surface area (Å²) in [4.78, 5) is 23.7. The van der Waals surface area contributed by atoms with Gasteiger partial charge in [0.15, 0.2) is 0 Å². The van der Waals surface area contributed by atoms with Gasteiger partial charge in [0.25, 0.3) is 5.91 Å². The Kier molecular flexibility index (Phi) is 9.78. The average molecular weight is 539 g/mol. The second kappa shape index (κ2) is 13.0. The van der Waals surface area contributed by atoms with Crippen molar-refractivity contribution in [1.82, 2.24) is 20.5 Å². The minimum atomic E-state index is -0.749. The average Bonchev–Trinajstić information content (AvgIpc) is 3.32. The molecule has 1 heterocycles. The molecule has 0 atom stereocenters. The summed E-state index contributed by atoms with van der Waals surface area (Å²) in [6.07, 6.45) is 2.93. The van der Waals surface area contributed by atoms with Crippen molar-refractivity contribution in [1.29, 1.82) is 0 Å². The molecule has 3 rings (SSSR count). The van der Waals surface area contributed by atoms with Crippen molar-refractivity contribution in [3.05, 3.63) is 88.3 Å². The van der Waals surface area contributed by atoms with Gasteiger partial charge in [-0.05, 0) is 75.7 Å². The molecule has 0 saturated carbocycles. The standard InChI is InChI=1S/C28H32F2N6O3/c1-17-7-8-21(39-10-6-9-28(2,3)38)15-22(17)23(31-4)16-24(32-5)34-27(37)26-33-25(35-36-26)13-18-11-19(29)14-20(30)12-18/h7-8,11-12,14-16,38H,5-6,9-10,13H2,1-4H3,(H,34,37)(H,33,35,36)/b24-16+,31-23+. The van der Waals surface area contributed by atoms with Crippen LogP contribution in [-0.4, -0.2) is 57.9 Å². The largest absolute Gasteiger partial charge is 0.494 e. The van der Waals surface area contributed by atoms with Gasteiger partial charge < -0.3 is 20.1 Å². The van der Waals surface area contributed by atoms with Gasteiger partial charge in [-0.25, -0.2) is 13.8 Å². The van der Waals surface area contributed by atoms with E-state index in [1.54, 1.807) is 27.0 Å². The van der Waals surface area contributed by atoms with E-state index in [0.29, 0.717) is 36.5 Å². The zero-order valence-electron chi connectivity index (χ0n) is 22.4. The predicted octanol–water partition coefficient (Wildman–Crippen LogP) is 4.30. The number of ether oxygens (including phenoxy) is 1. The van der Waals surface area contributed by atoms with Crippen molar-refractivity contribution in [2.75, 3.05) is 13.7 Å². The van der Waals surface area contributed by atoms with Gasteiger partial charge in [-0.2, -0.15) is 0 Å². The van der Waals surface area contributed by atoms with Gasteiger partial charge >= 0.3 is 0 Å². The molecule has 1 aromatic heterocycles. The monoisotopic (exact) mass is 538 g/mol. The second-order valence-corrected chi connectivity index (χ2v) is 9.57. The lowest BCUT2D eigenvalue weighted by molar-refractivity contribution is 0.0641. The molecular weight excluding hydrogens is 506 g/mol. The molecule has 3 N–H and O–H groups in total. The van der Waals surface area contributed by atoms with E-state index in [1.165, 1.54) is 12.1 Å². The van der Waals surface area contributed by atoms with E-state index in [0.717, 1.165) is 17.2 Å². The van der Waals surface area contributed by atoms with Crippen LogP contribution in [-0.2, 0) is 6.42 Å². The van der Waals surface area contributed by atoms with Gasteiger partial charge in [0, 0.05) is 31.2 Å².